The first-order valence-electron chi connectivity index (χ1n) is 6.71. The Morgan fingerprint density at radius 2 is 2.15 bits per heavy atom. The highest BCUT2D eigenvalue weighted by atomic mass is 79.9. The van der Waals surface area contributed by atoms with Crippen LogP contribution in [-0.2, 0) is 11.2 Å². The summed E-state index contributed by atoms with van der Waals surface area (Å²) < 4.78 is 6.23. The maximum Gasteiger partial charge on any atom is 0.220 e. The van der Waals surface area contributed by atoms with Crippen LogP contribution in [0.4, 0.5) is 0 Å². The van der Waals surface area contributed by atoms with Gasteiger partial charge in [0.1, 0.15) is 5.75 Å². The number of aryl methyl sites for hydroxylation is 1. The SMILES string of the molecule is COc1ccc(Br)cc1CCC(=O)NCC(O)C(C)C. The third kappa shape index (κ3) is 5.51. The highest BCUT2D eigenvalue weighted by molar-refractivity contribution is 9.10. The first-order chi connectivity index (χ1) is 9.43. The first kappa shape index (κ1) is 17.0. The molecule has 112 valence electrons. The van der Waals surface area contributed by atoms with E-state index in [0.717, 1.165) is 15.8 Å². The van der Waals surface area contributed by atoms with E-state index in [1.165, 1.54) is 0 Å². The Morgan fingerprint density at radius 1 is 1.45 bits per heavy atom. The molecule has 1 atom stereocenters. The maximum absolute atomic E-state index is 11.8. The van der Waals surface area contributed by atoms with Gasteiger partial charge in [0.15, 0.2) is 0 Å². The van der Waals surface area contributed by atoms with Crippen molar-refractivity contribution in [2.45, 2.75) is 32.8 Å². The standard InChI is InChI=1S/C15H22BrNO3/c1-10(2)13(18)9-17-15(19)7-4-11-8-12(16)5-6-14(11)20-3/h5-6,8,10,13,18H,4,7,9H2,1-3H3,(H,17,19). The van der Waals surface area contributed by atoms with Crippen molar-refractivity contribution in [3.05, 3.63) is 28.2 Å². The van der Waals surface area contributed by atoms with Crippen LogP contribution in [-0.4, -0.2) is 30.8 Å². The Hall–Kier alpha value is -1.07. The number of halogens is 1. The fourth-order valence-electron chi connectivity index (χ4n) is 1.73. The zero-order valence-corrected chi connectivity index (χ0v) is 13.7. The van der Waals surface area contributed by atoms with Gasteiger partial charge in [0.05, 0.1) is 13.2 Å². The van der Waals surface area contributed by atoms with Gasteiger partial charge in [-0.25, -0.2) is 0 Å². The molecule has 0 spiro atoms. The number of hydrogen-bond donors (Lipinski definition) is 2. The van der Waals surface area contributed by atoms with Crippen molar-refractivity contribution >= 4 is 21.8 Å². The normalized spacial score (nSPS) is 12.3. The molecule has 0 fully saturated rings. The first-order valence-corrected chi connectivity index (χ1v) is 7.50. The van der Waals surface area contributed by atoms with Gasteiger partial charge in [0, 0.05) is 17.4 Å². The van der Waals surface area contributed by atoms with Crippen molar-refractivity contribution in [3.63, 3.8) is 0 Å². The van der Waals surface area contributed by atoms with Gasteiger partial charge in [0.25, 0.3) is 0 Å². The van der Waals surface area contributed by atoms with Crippen LogP contribution in [0.2, 0.25) is 0 Å². The summed E-state index contributed by atoms with van der Waals surface area (Å²) in [5.41, 5.74) is 0.987. The van der Waals surface area contributed by atoms with E-state index in [1.807, 2.05) is 32.0 Å². The number of carbonyl (C=O) groups is 1. The number of aliphatic hydroxyl groups excluding tert-OH is 1. The molecular formula is C15H22BrNO3. The van der Waals surface area contributed by atoms with Gasteiger partial charge in [-0.2, -0.15) is 0 Å². The van der Waals surface area contributed by atoms with E-state index < -0.39 is 6.10 Å². The highest BCUT2D eigenvalue weighted by Gasteiger charge is 2.11. The lowest BCUT2D eigenvalue weighted by Crippen LogP contribution is -2.34. The molecule has 0 aliphatic carbocycles. The monoisotopic (exact) mass is 343 g/mol. The largest absolute Gasteiger partial charge is 0.496 e. The Balaban J connectivity index is 2.47. The second-order valence-electron chi connectivity index (χ2n) is 5.07. The lowest BCUT2D eigenvalue weighted by Gasteiger charge is -2.15. The molecule has 1 amide bonds. The minimum atomic E-state index is -0.501. The molecule has 20 heavy (non-hydrogen) atoms. The van der Waals surface area contributed by atoms with E-state index in [2.05, 4.69) is 21.2 Å². The highest BCUT2D eigenvalue weighted by Crippen LogP contribution is 2.24. The van der Waals surface area contributed by atoms with E-state index in [9.17, 15) is 9.90 Å². The molecular weight excluding hydrogens is 322 g/mol. The van der Waals surface area contributed by atoms with Crippen LogP contribution < -0.4 is 10.1 Å². The Morgan fingerprint density at radius 3 is 2.75 bits per heavy atom. The zero-order chi connectivity index (χ0) is 15.1. The van der Waals surface area contributed by atoms with Crippen LogP contribution in [0.3, 0.4) is 0 Å². The zero-order valence-electron chi connectivity index (χ0n) is 12.1. The van der Waals surface area contributed by atoms with Crippen LogP contribution in [0.1, 0.15) is 25.8 Å². The van der Waals surface area contributed by atoms with Crippen LogP contribution in [0, 0.1) is 5.92 Å². The third-order valence-electron chi connectivity index (χ3n) is 3.14. The molecule has 0 bridgehead atoms. The van der Waals surface area contributed by atoms with Crippen LogP contribution >= 0.6 is 15.9 Å². The molecule has 1 aromatic rings. The molecule has 0 saturated heterocycles. The topological polar surface area (TPSA) is 58.6 Å². The molecule has 1 unspecified atom stereocenters. The molecule has 0 saturated carbocycles. The number of methoxy groups -OCH3 is 1. The number of carbonyl (C=O) groups excluding carboxylic acids is 1. The molecule has 1 aromatic carbocycles. The van der Waals surface area contributed by atoms with Gasteiger partial charge in [-0.15, -0.1) is 0 Å². The predicted octanol–water partition coefficient (Wildman–Crippen LogP) is 2.52. The molecule has 0 heterocycles. The van der Waals surface area contributed by atoms with Gasteiger partial charge in [-0.1, -0.05) is 29.8 Å². The maximum atomic E-state index is 11.8. The van der Waals surface area contributed by atoms with E-state index in [0.29, 0.717) is 19.4 Å². The summed E-state index contributed by atoms with van der Waals surface area (Å²) in [6.45, 7) is 4.14. The lowest BCUT2D eigenvalue weighted by atomic mass is 10.1. The predicted molar refractivity (Wildman–Crippen MR) is 82.9 cm³/mol. The van der Waals surface area contributed by atoms with Crippen molar-refractivity contribution in [2.24, 2.45) is 5.92 Å². The van der Waals surface area contributed by atoms with Crippen LogP contribution in [0.15, 0.2) is 22.7 Å². The van der Waals surface area contributed by atoms with E-state index in [4.69, 9.17) is 4.74 Å². The number of rotatable bonds is 7. The van der Waals surface area contributed by atoms with Crippen molar-refractivity contribution in [2.75, 3.05) is 13.7 Å². The average Bonchev–Trinajstić information content (AvgIpc) is 2.42. The fourth-order valence-corrected chi connectivity index (χ4v) is 2.14. The quantitative estimate of drug-likeness (QED) is 0.799. The van der Waals surface area contributed by atoms with Crippen LogP contribution in [0.25, 0.3) is 0 Å². The van der Waals surface area contributed by atoms with E-state index >= 15 is 0 Å². The second kappa shape index (κ2) is 8.27. The molecule has 0 radical (unpaired) electrons. The van der Waals surface area contributed by atoms with Gasteiger partial charge in [-0.05, 0) is 36.1 Å². The molecule has 0 aromatic heterocycles. The Bertz CT molecular complexity index is 449. The minimum absolute atomic E-state index is 0.0632. The molecule has 1 rings (SSSR count). The lowest BCUT2D eigenvalue weighted by molar-refractivity contribution is -0.121. The number of aliphatic hydroxyl groups is 1. The molecule has 0 aliphatic heterocycles. The second-order valence-corrected chi connectivity index (χ2v) is 5.99. The summed E-state index contributed by atoms with van der Waals surface area (Å²) in [5, 5.41) is 12.4. The third-order valence-corrected chi connectivity index (χ3v) is 3.64. The fraction of sp³-hybridized carbons (Fsp3) is 0.533. The molecule has 5 heteroatoms. The van der Waals surface area contributed by atoms with Gasteiger partial charge < -0.3 is 15.2 Å². The van der Waals surface area contributed by atoms with Gasteiger partial charge in [0.2, 0.25) is 5.91 Å². The Labute approximate surface area is 128 Å². The number of amides is 1. The number of nitrogens with one attached hydrogen (secondary N) is 1. The molecule has 0 aliphatic rings. The number of ether oxygens (including phenoxy) is 1. The van der Waals surface area contributed by atoms with Crippen molar-refractivity contribution in [3.8, 4) is 5.75 Å². The number of benzene rings is 1. The van der Waals surface area contributed by atoms with Gasteiger partial charge >= 0.3 is 0 Å². The van der Waals surface area contributed by atoms with E-state index in [1.54, 1.807) is 7.11 Å². The number of hydrogen-bond acceptors (Lipinski definition) is 3. The molecule has 2 N–H and O–H groups in total. The van der Waals surface area contributed by atoms with Crippen molar-refractivity contribution in [1.29, 1.82) is 0 Å². The summed E-state index contributed by atoms with van der Waals surface area (Å²) in [7, 11) is 1.62. The smallest absolute Gasteiger partial charge is 0.220 e. The average molecular weight is 344 g/mol. The summed E-state index contributed by atoms with van der Waals surface area (Å²) in [5.74, 6) is 0.857. The summed E-state index contributed by atoms with van der Waals surface area (Å²) >= 11 is 3.41. The van der Waals surface area contributed by atoms with Crippen LogP contribution in [0.5, 0.6) is 5.75 Å². The Kier molecular flexibility index (Phi) is 7.02. The summed E-state index contributed by atoms with van der Waals surface area (Å²) in [6, 6.07) is 5.73. The summed E-state index contributed by atoms with van der Waals surface area (Å²) in [6.07, 6.45) is 0.475. The van der Waals surface area contributed by atoms with Crippen molar-refractivity contribution in [1.82, 2.24) is 5.32 Å². The summed E-state index contributed by atoms with van der Waals surface area (Å²) in [4.78, 5) is 11.8. The van der Waals surface area contributed by atoms with Gasteiger partial charge in [-0.3, -0.25) is 4.79 Å². The van der Waals surface area contributed by atoms with Crippen molar-refractivity contribution < 1.29 is 14.6 Å². The minimum Gasteiger partial charge on any atom is -0.496 e. The molecule has 4 nitrogen and oxygen atoms in total. The van der Waals surface area contributed by atoms with E-state index in [-0.39, 0.29) is 11.8 Å².